The zero-order valence-corrected chi connectivity index (χ0v) is 11.7. The van der Waals surface area contributed by atoms with Gasteiger partial charge in [0.2, 0.25) is 0 Å². The van der Waals surface area contributed by atoms with Gasteiger partial charge in [0.05, 0.1) is 11.8 Å². The van der Waals surface area contributed by atoms with Crippen molar-refractivity contribution >= 4 is 0 Å². The molecule has 18 heavy (non-hydrogen) atoms. The first-order valence-electron chi connectivity index (χ1n) is 7.24. The lowest BCUT2D eigenvalue weighted by molar-refractivity contribution is 0.124. The van der Waals surface area contributed by atoms with Crippen molar-refractivity contribution in [2.24, 2.45) is 24.8 Å². The molecule has 100 valence electrons. The number of nitrogens with zero attached hydrogens (tertiary/aromatic N) is 2. The predicted molar refractivity (Wildman–Crippen MR) is 71.2 cm³/mol. The highest BCUT2D eigenvalue weighted by Gasteiger charge is 2.40. The summed E-state index contributed by atoms with van der Waals surface area (Å²) in [6, 6.07) is 0. The lowest BCUT2D eigenvalue weighted by Crippen LogP contribution is -2.15. The molecule has 3 nitrogen and oxygen atoms in total. The zero-order valence-electron chi connectivity index (χ0n) is 11.7. The van der Waals surface area contributed by atoms with Crippen molar-refractivity contribution in [3.05, 3.63) is 17.0 Å². The summed E-state index contributed by atoms with van der Waals surface area (Å²) in [7, 11) is 1.95. The molecule has 1 heterocycles. The summed E-state index contributed by atoms with van der Waals surface area (Å²) in [6.07, 6.45) is 6.22. The van der Waals surface area contributed by atoms with Gasteiger partial charge < -0.3 is 5.11 Å². The second-order valence-corrected chi connectivity index (χ2v) is 6.39. The SMILES string of the molecule is Cc1nn(C)c(C)c1C(O)CC1CC2CCC1C2. The molecule has 3 heteroatoms. The fourth-order valence-corrected chi connectivity index (χ4v) is 4.34. The molecule has 2 aliphatic rings. The average molecular weight is 248 g/mol. The standard InChI is InChI=1S/C15H24N2O/c1-9-15(10(2)17(3)16-9)14(18)8-13-7-11-4-5-12(13)6-11/h11-14,18H,4-8H2,1-3H3. The Labute approximate surface area is 109 Å². The monoisotopic (exact) mass is 248 g/mol. The van der Waals surface area contributed by atoms with E-state index in [1.165, 1.54) is 25.7 Å². The summed E-state index contributed by atoms with van der Waals surface area (Å²) in [4.78, 5) is 0. The Morgan fingerprint density at radius 3 is 2.61 bits per heavy atom. The summed E-state index contributed by atoms with van der Waals surface area (Å²) < 4.78 is 1.88. The summed E-state index contributed by atoms with van der Waals surface area (Å²) in [6.45, 7) is 4.06. The normalized spacial score (nSPS) is 32.1. The van der Waals surface area contributed by atoms with E-state index in [4.69, 9.17) is 0 Å². The number of hydrogen-bond acceptors (Lipinski definition) is 2. The van der Waals surface area contributed by atoms with Gasteiger partial charge in [0.1, 0.15) is 0 Å². The molecule has 1 aromatic rings. The van der Waals surface area contributed by atoms with Crippen LogP contribution in [-0.4, -0.2) is 14.9 Å². The number of rotatable bonds is 3. The molecule has 0 aromatic carbocycles. The number of aliphatic hydroxyl groups is 1. The van der Waals surface area contributed by atoms with Gasteiger partial charge in [-0.05, 0) is 57.3 Å². The van der Waals surface area contributed by atoms with Gasteiger partial charge in [0.15, 0.2) is 0 Å². The molecule has 0 amide bonds. The average Bonchev–Trinajstić information content (AvgIpc) is 2.95. The van der Waals surface area contributed by atoms with Crippen molar-refractivity contribution in [2.45, 2.75) is 52.1 Å². The smallest absolute Gasteiger partial charge is 0.0828 e. The van der Waals surface area contributed by atoms with E-state index in [2.05, 4.69) is 12.0 Å². The molecule has 1 N–H and O–H groups in total. The van der Waals surface area contributed by atoms with Crippen molar-refractivity contribution in [3.63, 3.8) is 0 Å². The number of aliphatic hydroxyl groups excluding tert-OH is 1. The third-order valence-electron chi connectivity index (χ3n) is 5.31. The largest absolute Gasteiger partial charge is 0.388 e. The van der Waals surface area contributed by atoms with Gasteiger partial charge in [-0.1, -0.05) is 6.42 Å². The molecule has 4 atom stereocenters. The molecule has 0 radical (unpaired) electrons. The van der Waals surface area contributed by atoms with Gasteiger partial charge in [-0.15, -0.1) is 0 Å². The minimum Gasteiger partial charge on any atom is -0.388 e. The van der Waals surface area contributed by atoms with Crippen molar-refractivity contribution in [3.8, 4) is 0 Å². The van der Waals surface area contributed by atoms with Crippen LogP contribution < -0.4 is 0 Å². The van der Waals surface area contributed by atoms with E-state index in [0.29, 0.717) is 0 Å². The first-order valence-corrected chi connectivity index (χ1v) is 7.24. The van der Waals surface area contributed by atoms with E-state index < -0.39 is 0 Å². The Kier molecular flexibility index (Phi) is 2.97. The highest BCUT2D eigenvalue weighted by molar-refractivity contribution is 5.27. The van der Waals surface area contributed by atoms with Gasteiger partial charge in [-0.25, -0.2) is 0 Å². The van der Waals surface area contributed by atoms with Crippen LogP contribution in [0.25, 0.3) is 0 Å². The molecule has 3 rings (SSSR count). The minimum absolute atomic E-state index is 0.317. The van der Waals surface area contributed by atoms with Crippen molar-refractivity contribution in [1.82, 2.24) is 9.78 Å². The van der Waals surface area contributed by atoms with E-state index in [-0.39, 0.29) is 6.10 Å². The predicted octanol–water partition coefficient (Wildman–Crippen LogP) is 2.90. The molecule has 2 fully saturated rings. The van der Waals surface area contributed by atoms with E-state index in [9.17, 15) is 5.11 Å². The quantitative estimate of drug-likeness (QED) is 0.893. The van der Waals surface area contributed by atoms with Crippen LogP contribution in [-0.2, 0) is 7.05 Å². The number of aromatic nitrogens is 2. The Bertz CT molecular complexity index is 452. The first kappa shape index (κ1) is 12.2. The second-order valence-electron chi connectivity index (χ2n) is 6.39. The summed E-state index contributed by atoms with van der Waals surface area (Å²) in [5.74, 6) is 2.60. The molecular weight excluding hydrogens is 224 g/mol. The molecule has 2 bridgehead atoms. The van der Waals surface area contributed by atoms with Gasteiger partial charge in [0.25, 0.3) is 0 Å². The van der Waals surface area contributed by atoms with Gasteiger partial charge >= 0.3 is 0 Å². The van der Waals surface area contributed by atoms with Crippen LogP contribution in [0.15, 0.2) is 0 Å². The van der Waals surface area contributed by atoms with Gasteiger partial charge in [-0.3, -0.25) is 4.68 Å². The van der Waals surface area contributed by atoms with E-state index in [1.54, 1.807) is 0 Å². The Morgan fingerprint density at radius 2 is 2.11 bits per heavy atom. The summed E-state index contributed by atoms with van der Waals surface area (Å²) in [5.41, 5.74) is 3.18. The highest BCUT2D eigenvalue weighted by atomic mass is 16.3. The van der Waals surface area contributed by atoms with Crippen LogP contribution in [0.4, 0.5) is 0 Å². The maximum absolute atomic E-state index is 10.5. The van der Waals surface area contributed by atoms with E-state index in [0.717, 1.165) is 41.1 Å². The molecule has 0 spiro atoms. The maximum Gasteiger partial charge on any atom is 0.0828 e. The van der Waals surface area contributed by atoms with Crippen LogP contribution in [0.3, 0.4) is 0 Å². The lowest BCUT2D eigenvalue weighted by Gasteiger charge is -2.24. The fraction of sp³-hybridized carbons (Fsp3) is 0.800. The van der Waals surface area contributed by atoms with Crippen LogP contribution in [0.5, 0.6) is 0 Å². The third kappa shape index (κ3) is 1.89. The third-order valence-corrected chi connectivity index (χ3v) is 5.31. The van der Waals surface area contributed by atoms with E-state index >= 15 is 0 Å². The molecule has 0 saturated heterocycles. The first-order chi connectivity index (χ1) is 8.56. The molecule has 2 saturated carbocycles. The zero-order chi connectivity index (χ0) is 12.9. The van der Waals surface area contributed by atoms with Crippen molar-refractivity contribution in [2.75, 3.05) is 0 Å². The van der Waals surface area contributed by atoms with Crippen LogP contribution in [0, 0.1) is 31.6 Å². The Hall–Kier alpha value is -0.830. The molecule has 1 aromatic heterocycles. The van der Waals surface area contributed by atoms with Crippen LogP contribution >= 0.6 is 0 Å². The number of hydrogen-bond donors (Lipinski definition) is 1. The van der Waals surface area contributed by atoms with Gasteiger partial charge in [0, 0.05) is 18.3 Å². The number of fused-ring (bicyclic) bond motifs is 2. The summed E-state index contributed by atoms with van der Waals surface area (Å²) >= 11 is 0. The highest BCUT2D eigenvalue weighted by Crippen LogP contribution is 2.51. The van der Waals surface area contributed by atoms with Crippen LogP contribution in [0.2, 0.25) is 0 Å². The molecule has 4 unspecified atom stereocenters. The number of aryl methyl sites for hydroxylation is 2. The Morgan fingerprint density at radius 1 is 1.33 bits per heavy atom. The van der Waals surface area contributed by atoms with Gasteiger partial charge in [-0.2, -0.15) is 5.10 Å². The molecule has 2 aliphatic carbocycles. The Balaban J connectivity index is 1.73. The second kappa shape index (κ2) is 4.37. The molecule has 0 aliphatic heterocycles. The minimum atomic E-state index is -0.317. The summed E-state index contributed by atoms with van der Waals surface area (Å²) in [5, 5.41) is 14.9. The maximum atomic E-state index is 10.5. The fourth-order valence-electron chi connectivity index (χ4n) is 4.34. The van der Waals surface area contributed by atoms with E-state index in [1.807, 2.05) is 18.7 Å². The lowest BCUT2D eigenvalue weighted by atomic mass is 9.83. The molecular formula is C15H24N2O. The van der Waals surface area contributed by atoms with Crippen LogP contribution in [0.1, 0.15) is 55.2 Å². The van der Waals surface area contributed by atoms with Crippen molar-refractivity contribution < 1.29 is 5.11 Å². The topological polar surface area (TPSA) is 38.0 Å². The van der Waals surface area contributed by atoms with Crippen molar-refractivity contribution in [1.29, 1.82) is 0 Å².